The Labute approximate surface area is 138 Å². The number of carbonyl (C=O) groups is 1. The second-order valence-corrected chi connectivity index (χ2v) is 7.67. The Kier molecular flexibility index (Phi) is 6.09. The maximum Gasteiger partial charge on any atom is 0.251 e. The maximum atomic E-state index is 12.1. The summed E-state index contributed by atoms with van der Waals surface area (Å²) >= 11 is 6.82. The largest absolute Gasteiger partial charge is 0.352 e. The zero-order chi connectivity index (χ0) is 14.5. The zero-order valence-corrected chi connectivity index (χ0v) is 15.0. The van der Waals surface area contributed by atoms with Crippen LogP contribution in [0.1, 0.15) is 49.4 Å². The maximum absolute atomic E-state index is 12.1. The average molecular weight is 403 g/mol. The minimum Gasteiger partial charge on any atom is -0.352 e. The molecule has 1 aromatic rings. The van der Waals surface area contributed by atoms with Crippen molar-refractivity contribution in [2.24, 2.45) is 11.8 Å². The van der Waals surface area contributed by atoms with Crippen LogP contribution < -0.4 is 5.32 Å². The van der Waals surface area contributed by atoms with Crippen LogP contribution in [0.2, 0.25) is 0 Å². The van der Waals surface area contributed by atoms with Crippen molar-refractivity contribution in [2.45, 2.75) is 39.0 Å². The Morgan fingerprint density at radius 2 is 1.95 bits per heavy atom. The first-order valence-corrected chi connectivity index (χ1v) is 8.87. The molecule has 0 radical (unpaired) electrons. The Hall–Kier alpha value is -0.350. The molecule has 0 aliphatic heterocycles. The summed E-state index contributed by atoms with van der Waals surface area (Å²) in [6.45, 7) is 3.12. The summed E-state index contributed by atoms with van der Waals surface area (Å²) in [6, 6.07) is 5.63. The van der Waals surface area contributed by atoms with Crippen molar-refractivity contribution < 1.29 is 4.79 Å². The smallest absolute Gasteiger partial charge is 0.251 e. The van der Waals surface area contributed by atoms with Gasteiger partial charge in [-0.25, -0.2) is 0 Å². The lowest BCUT2D eigenvalue weighted by Gasteiger charge is -2.26. The van der Waals surface area contributed by atoms with Crippen molar-refractivity contribution in [3.8, 4) is 0 Å². The molecule has 0 spiro atoms. The third-order valence-electron chi connectivity index (χ3n) is 4.01. The molecule has 0 saturated heterocycles. The van der Waals surface area contributed by atoms with E-state index >= 15 is 0 Å². The van der Waals surface area contributed by atoms with Gasteiger partial charge in [0.1, 0.15) is 0 Å². The molecule has 1 N–H and O–H groups in total. The molecule has 1 aliphatic rings. The molecule has 2 unspecified atom stereocenters. The van der Waals surface area contributed by atoms with Gasteiger partial charge in [-0.3, -0.25) is 4.79 Å². The highest BCUT2D eigenvalue weighted by atomic mass is 79.9. The van der Waals surface area contributed by atoms with Crippen molar-refractivity contribution >= 4 is 37.8 Å². The van der Waals surface area contributed by atoms with Crippen LogP contribution in [0.3, 0.4) is 0 Å². The molecule has 0 aromatic heterocycles. The summed E-state index contributed by atoms with van der Waals surface area (Å²) in [5, 5.41) is 3.03. The van der Waals surface area contributed by atoms with Crippen LogP contribution in [0.5, 0.6) is 0 Å². The number of benzene rings is 1. The average Bonchev–Trinajstić information content (AvgIpc) is 2.37. The minimum absolute atomic E-state index is 0.0101. The predicted molar refractivity (Wildman–Crippen MR) is 89.9 cm³/mol. The molecule has 1 saturated carbocycles. The number of carbonyl (C=O) groups excluding carboxylic acids is 1. The van der Waals surface area contributed by atoms with E-state index in [-0.39, 0.29) is 5.91 Å². The summed E-state index contributed by atoms with van der Waals surface area (Å²) < 4.78 is 1.83. The first-order valence-electron chi connectivity index (χ1n) is 7.29. The van der Waals surface area contributed by atoms with E-state index < -0.39 is 0 Å². The monoisotopic (exact) mass is 401 g/mol. The molecule has 1 aromatic carbocycles. The van der Waals surface area contributed by atoms with Crippen molar-refractivity contribution in [1.29, 1.82) is 0 Å². The fourth-order valence-corrected chi connectivity index (χ4v) is 4.29. The fourth-order valence-electron chi connectivity index (χ4n) is 3.00. The van der Waals surface area contributed by atoms with Crippen LogP contribution >= 0.6 is 31.9 Å². The van der Waals surface area contributed by atoms with Gasteiger partial charge in [0.2, 0.25) is 0 Å². The molecule has 1 aliphatic carbocycles. The quantitative estimate of drug-likeness (QED) is 0.740. The third-order valence-corrected chi connectivity index (χ3v) is 4.92. The van der Waals surface area contributed by atoms with Crippen LogP contribution in [-0.4, -0.2) is 12.5 Å². The standard InChI is InChI=1S/C16H21Br2NO/c1-11-3-2-4-12(7-11)5-6-19-16(20)13-8-14(17)10-15(18)9-13/h8-12H,2-7H2,1H3,(H,19,20). The molecule has 2 atom stereocenters. The van der Waals surface area contributed by atoms with Gasteiger partial charge in [0.25, 0.3) is 5.91 Å². The second-order valence-electron chi connectivity index (χ2n) is 5.84. The van der Waals surface area contributed by atoms with Gasteiger partial charge in [0, 0.05) is 21.1 Å². The molecule has 2 rings (SSSR count). The molecular formula is C16H21Br2NO. The molecule has 4 heteroatoms. The molecular weight excluding hydrogens is 382 g/mol. The Morgan fingerprint density at radius 1 is 1.25 bits per heavy atom. The zero-order valence-electron chi connectivity index (χ0n) is 11.8. The molecule has 0 bridgehead atoms. The molecule has 1 amide bonds. The highest BCUT2D eigenvalue weighted by molar-refractivity contribution is 9.11. The minimum atomic E-state index is 0.0101. The van der Waals surface area contributed by atoms with E-state index in [0.29, 0.717) is 5.56 Å². The van der Waals surface area contributed by atoms with Crippen LogP contribution in [0.25, 0.3) is 0 Å². The number of hydrogen-bond acceptors (Lipinski definition) is 1. The van der Waals surface area contributed by atoms with E-state index in [1.807, 2.05) is 18.2 Å². The normalized spacial score (nSPS) is 22.6. The second kappa shape index (κ2) is 7.60. The Bertz CT molecular complexity index is 455. The summed E-state index contributed by atoms with van der Waals surface area (Å²) in [4.78, 5) is 12.1. The SMILES string of the molecule is CC1CCCC(CCNC(=O)c2cc(Br)cc(Br)c2)C1. The first-order chi connectivity index (χ1) is 9.54. The lowest BCUT2D eigenvalue weighted by atomic mass is 9.81. The Morgan fingerprint density at radius 3 is 2.60 bits per heavy atom. The molecule has 1 fully saturated rings. The van der Waals surface area contributed by atoms with Gasteiger partial charge >= 0.3 is 0 Å². The number of hydrogen-bond donors (Lipinski definition) is 1. The number of rotatable bonds is 4. The summed E-state index contributed by atoms with van der Waals surface area (Å²) in [7, 11) is 0. The molecule has 20 heavy (non-hydrogen) atoms. The van der Waals surface area contributed by atoms with Crippen LogP contribution in [-0.2, 0) is 0 Å². The van der Waals surface area contributed by atoms with Gasteiger partial charge in [-0.05, 0) is 42.9 Å². The third kappa shape index (κ3) is 4.88. The van der Waals surface area contributed by atoms with Crippen molar-refractivity contribution in [3.05, 3.63) is 32.7 Å². The topological polar surface area (TPSA) is 29.1 Å². The van der Waals surface area contributed by atoms with Gasteiger partial charge in [-0.15, -0.1) is 0 Å². The summed E-state index contributed by atoms with van der Waals surface area (Å²) in [5.74, 6) is 1.65. The molecule has 110 valence electrons. The van der Waals surface area contributed by atoms with E-state index in [2.05, 4.69) is 44.1 Å². The van der Waals surface area contributed by atoms with E-state index in [1.54, 1.807) is 0 Å². The van der Waals surface area contributed by atoms with Crippen LogP contribution in [0.4, 0.5) is 0 Å². The van der Waals surface area contributed by atoms with Crippen molar-refractivity contribution in [3.63, 3.8) is 0 Å². The van der Waals surface area contributed by atoms with E-state index in [1.165, 1.54) is 25.7 Å². The highest BCUT2D eigenvalue weighted by Gasteiger charge is 2.18. The highest BCUT2D eigenvalue weighted by Crippen LogP contribution is 2.30. The number of halogens is 2. The van der Waals surface area contributed by atoms with E-state index in [0.717, 1.165) is 33.7 Å². The molecule has 2 nitrogen and oxygen atoms in total. The van der Waals surface area contributed by atoms with Crippen LogP contribution in [0, 0.1) is 11.8 Å². The number of amides is 1. The fraction of sp³-hybridized carbons (Fsp3) is 0.562. The first kappa shape index (κ1) is 16.0. The van der Waals surface area contributed by atoms with Crippen molar-refractivity contribution in [2.75, 3.05) is 6.54 Å². The number of nitrogens with one attached hydrogen (secondary N) is 1. The van der Waals surface area contributed by atoms with Crippen molar-refractivity contribution in [1.82, 2.24) is 5.32 Å². The van der Waals surface area contributed by atoms with Gasteiger partial charge in [0.05, 0.1) is 0 Å². The van der Waals surface area contributed by atoms with Gasteiger partial charge in [-0.2, -0.15) is 0 Å². The predicted octanol–water partition coefficient (Wildman–Crippen LogP) is 5.16. The van der Waals surface area contributed by atoms with Gasteiger partial charge < -0.3 is 5.32 Å². The van der Waals surface area contributed by atoms with E-state index in [9.17, 15) is 4.79 Å². The lowest BCUT2D eigenvalue weighted by Crippen LogP contribution is -2.27. The lowest BCUT2D eigenvalue weighted by molar-refractivity contribution is 0.0949. The van der Waals surface area contributed by atoms with Gasteiger partial charge in [0.15, 0.2) is 0 Å². The van der Waals surface area contributed by atoms with Gasteiger partial charge in [-0.1, -0.05) is 58.0 Å². The van der Waals surface area contributed by atoms with E-state index in [4.69, 9.17) is 0 Å². The molecule has 0 heterocycles. The summed E-state index contributed by atoms with van der Waals surface area (Å²) in [6.07, 6.45) is 6.46. The summed E-state index contributed by atoms with van der Waals surface area (Å²) in [5.41, 5.74) is 0.697. The van der Waals surface area contributed by atoms with Crippen LogP contribution in [0.15, 0.2) is 27.1 Å². The Balaban J connectivity index is 1.80.